The number of rotatable bonds is 4. The minimum absolute atomic E-state index is 0.149. The van der Waals surface area contributed by atoms with Crippen LogP contribution in [0.15, 0.2) is 27.8 Å². The second-order valence-electron chi connectivity index (χ2n) is 4.64. The fraction of sp³-hybridized carbons (Fsp3) is 0.214. The lowest BCUT2D eigenvalue weighted by atomic mass is 10.2. The summed E-state index contributed by atoms with van der Waals surface area (Å²) in [4.78, 5) is 38.8. The first-order chi connectivity index (χ1) is 10.4. The molecule has 0 aliphatic rings. The number of nitrogens with one attached hydrogen (secondary N) is 3. The summed E-state index contributed by atoms with van der Waals surface area (Å²) in [5.74, 6) is 0.0182. The number of methoxy groups -OCH3 is 1. The molecule has 1 heterocycles. The van der Waals surface area contributed by atoms with Gasteiger partial charge >= 0.3 is 5.69 Å². The predicted octanol–water partition coefficient (Wildman–Crippen LogP) is 1.21. The first kappa shape index (κ1) is 15.8. The smallest absolute Gasteiger partial charge is 0.325 e. The number of ether oxygens (including phenoxy) is 1. The molecule has 22 heavy (non-hydrogen) atoms. The monoisotopic (exact) mass is 323 g/mol. The van der Waals surface area contributed by atoms with Crippen molar-refractivity contribution in [2.45, 2.75) is 13.3 Å². The van der Waals surface area contributed by atoms with E-state index in [1.807, 2.05) is 4.98 Å². The first-order valence-corrected chi connectivity index (χ1v) is 6.73. The number of amides is 1. The standard InChI is InChI=1S/C14H14ClN3O4/c1-7-3-10(11(22-2)6-9(7)15)17-12(19)4-8-5-13(20)18-14(21)16-8/h3,5-6H,4H2,1-2H3,(H,17,19)(H2,16,18,20,21). The van der Waals surface area contributed by atoms with Crippen LogP contribution in [-0.2, 0) is 11.2 Å². The third-order valence-corrected chi connectivity index (χ3v) is 3.33. The Hall–Kier alpha value is -2.54. The molecule has 0 radical (unpaired) electrons. The molecular formula is C14H14ClN3O4. The Balaban J connectivity index is 2.20. The molecule has 1 aromatic heterocycles. The normalized spacial score (nSPS) is 10.3. The number of H-pyrrole nitrogens is 2. The highest BCUT2D eigenvalue weighted by Gasteiger charge is 2.11. The summed E-state index contributed by atoms with van der Waals surface area (Å²) in [6, 6.07) is 4.44. The molecule has 0 fully saturated rings. The van der Waals surface area contributed by atoms with Crippen molar-refractivity contribution in [3.63, 3.8) is 0 Å². The summed E-state index contributed by atoms with van der Waals surface area (Å²) in [7, 11) is 1.46. The summed E-state index contributed by atoms with van der Waals surface area (Å²) >= 11 is 6.00. The highest BCUT2D eigenvalue weighted by Crippen LogP contribution is 2.30. The average Bonchev–Trinajstić information content (AvgIpc) is 2.41. The lowest BCUT2D eigenvalue weighted by Gasteiger charge is -2.12. The fourth-order valence-corrected chi connectivity index (χ4v) is 2.07. The van der Waals surface area contributed by atoms with Crippen molar-refractivity contribution in [1.82, 2.24) is 9.97 Å². The van der Waals surface area contributed by atoms with E-state index in [9.17, 15) is 14.4 Å². The molecule has 0 atom stereocenters. The van der Waals surface area contributed by atoms with Crippen molar-refractivity contribution in [1.29, 1.82) is 0 Å². The lowest BCUT2D eigenvalue weighted by Crippen LogP contribution is -2.25. The van der Waals surface area contributed by atoms with Gasteiger partial charge < -0.3 is 15.0 Å². The second kappa shape index (κ2) is 6.48. The summed E-state index contributed by atoms with van der Waals surface area (Å²) in [6.45, 7) is 1.80. The van der Waals surface area contributed by atoms with Gasteiger partial charge in [0.25, 0.3) is 5.56 Å². The van der Waals surface area contributed by atoms with E-state index in [1.165, 1.54) is 7.11 Å². The van der Waals surface area contributed by atoms with E-state index in [4.69, 9.17) is 16.3 Å². The van der Waals surface area contributed by atoms with Gasteiger partial charge in [-0.05, 0) is 18.6 Å². The van der Waals surface area contributed by atoms with Gasteiger partial charge in [-0.3, -0.25) is 14.6 Å². The number of carbonyl (C=O) groups is 1. The molecule has 0 saturated heterocycles. The Morgan fingerprint density at radius 3 is 2.64 bits per heavy atom. The van der Waals surface area contributed by atoms with E-state index >= 15 is 0 Å². The summed E-state index contributed by atoms with van der Waals surface area (Å²) in [5.41, 5.74) is 0.238. The zero-order valence-corrected chi connectivity index (χ0v) is 12.7. The number of aryl methyl sites for hydroxylation is 1. The van der Waals surface area contributed by atoms with Crippen LogP contribution in [0.5, 0.6) is 5.75 Å². The molecule has 0 unspecified atom stereocenters. The van der Waals surface area contributed by atoms with E-state index in [2.05, 4.69) is 10.3 Å². The number of halogens is 1. The first-order valence-electron chi connectivity index (χ1n) is 6.35. The Kier molecular flexibility index (Phi) is 4.67. The van der Waals surface area contributed by atoms with E-state index in [0.29, 0.717) is 16.5 Å². The molecule has 0 saturated carbocycles. The number of aromatic nitrogens is 2. The number of aromatic amines is 2. The number of anilines is 1. The minimum atomic E-state index is -0.657. The topological polar surface area (TPSA) is 104 Å². The van der Waals surface area contributed by atoms with E-state index < -0.39 is 17.2 Å². The van der Waals surface area contributed by atoms with Crippen molar-refractivity contribution >= 4 is 23.2 Å². The quantitative estimate of drug-likeness (QED) is 0.786. The van der Waals surface area contributed by atoms with Gasteiger partial charge in [0.2, 0.25) is 5.91 Å². The fourth-order valence-electron chi connectivity index (χ4n) is 1.91. The molecule has 7 nitrogen and oxygen atoms in total. The van der Waals surface area contributed by atoms with Crippen LogP contribution in [0, 0.1) is 6.92 Å². The maximum atomic E-state index is 12.0. The van der Waals surface area contributed by atoms with Crippen LogP contribution in [0.1, 0.15) is 11.3 Å². The van der Waals surface area contributed by atoms with Gasteiger partial charge in [-0.15, -0.1) is 0 Å². The van der Waals surface area contributed by atoms with E-state index in [0.717, 1.165) is 11.6 Å². The highest BCUT2D eigenvalue weighted by atomic mass is 35.5. The van der Waals surface area contributed by atoms with Gasteiger partial charge in [-0.1, -0.05) is 11.6 Å². The number of benzene rings is 1. The van der Waals surface area contributed by atoms with Crippen molar-refractivity contribution in [2.24, 2.45) is 0 Å². The molecule has 8 heteroatoms. The maximum Gasteiger partial charge on any atom is 0.325 e. The molecule has 2 rings (SSSR count). The zero-order valence-electron chi connectivity index (χ0n) is 12.0. The summed E-state index contributed by atoms with van der Waals surface area (Å²) < 4.78 is 5.16. The minimum Gasteiger partial charge on any atom is -0.495 e. The molecule has 1 amide bonds. The number of hydrogen-bond donors (Lipinski definition) is 3. The van der Waals surface area contributed by atoms with Crippen LogP contribution in [0.2, 0.25) is 5.02 Å². The summed E-state index contributed by atoms with van der Waals surface area (Å²) in [5, 5.41) is 3.18. The van der Waals surface area contributed by atoms with Crippen LogP contribution in [0.4, 0.5) is 5.69 Å². The van der Waals surface area contributed by atoms with Crippen molar-refractivity contribution in [3.05, 3.63) is 55.3 Å². The van der Waals surface area contributed by atoms with Crippen LogP contribution in [0.3, 0.4) is 0 Å². The van der Waals surface area contributed by atoms with Crippen LogP contribution < -0.4 is 21.3 Å². The zero-order chi connectivity index (χ0) is 16.3. The Labute approximate surface area is 130 Å². The largest absolute Gasteiger partial charge is 0.495 e. The SMILES string of the molecule is COc1cc(Cl)c(C)cc1NC(=O)Cc1cc(=O)[nH]c(=O)[nH]1. The Morgan fingerprint density at radius 1 is 1.27 bits per heavy atom. The highest BCUT2D eigenvalue weighted by molar-refractivity contribution is 6.31. The Morgan fingerprint density at radius 2 is 2.00 bits per heavy atom. The molecule has 1 aromatic carbocycles. The van der Waals surface area contributed by atoms with Crippen molar-refractivity contribution in [3.8, 4) is 5.75 Å². The molecule has 116 valence electrons. The number of carbonyl (C=O) groups excluding carboxylic acids is 1. The van der Waals surface area contributed by atoms with Crippen molar-refractivity contribution < 1.29 is 9.53 Å². The summed E-state index contributed by atoms with van der Waals surface area (Å²) in [6.07, 6.45) is -0.149. The molecule has 0 aliphatic heterocycles. The van der Waals surface area contributed by atoms with Gasteiger partial charge in [0.1, 0.15) is 5.75 Å². The van der Waals surface area contributed by atoms with E-state index in [-0.39, 0.29) is 12.1 Å². The van der Waals surface area contributed by atoms with Gasteiger partial charge in [0, 0.05) is 22.8 Å². The average molecular weight is 324 g/mol. The van der Waals surface area contributed by atoms with Crippen LogP contribution in [-0.4, -0.2) is 23.0 Å². The van der Waals surface area contributed by atoms with Gasteiger partial charge in [0.15, 0.2) is 0 Å². The third kappa shape index (κ3) is 3.76. The molecular weight excluding hydrogens is 310 g/mol. The lowest BCUT2D eigenvalue weighted by molar-refractivity contribution is -0.115. The van der Waals surface area contributed by atoms with Crippen molar-refractivity contribution in [2.75, 3.05) is 12.4 Å². The Bertz CT molecular complexity index is 797. The van der Waals surface area contributed by atoms with Gasteiger partial charge in [-0.2, -0.15) is 0 Å². The van der Waals surface area contributed by atoms with Gasteiger partial charge in [0.05, 0.1) is 19.2 Å². The van der Waals surface area contributed by atoms with Crippen LogP contribution in [0.25, 0.3) is 0 Å². The van der Waals surface area contributed by atoms with Gasteiger partial charge in [-0.25, -0.2) is 4.79 Å². The molecule has 3 N–H and O–H groups in total. The molecule has 2 aromatic rings. The molecule has 0 aliphatic carbocycles. The predicted molar refractivity (Wildman–Crippen MR) is 82.8 cm³/mol. The third-order valence-electron chi connectivity index (χ3n) is 2.92. The van der Waals surface area contributed by atoms with Crippen LogP contribution >= 0.6 is 11.6 Å². The molecule has 0 bridgehead atoms. The number of hydrogen-bond acceptors (Lipinski definition) is 4. The molecule has 0 spiro atoms. The van der Waals surface area contributed by atoms with E-state index in [1.54, 1.807) is 19.1 Å². The maximum absolute atomic E-state index is 12.0. The second-order valence-corrected chi connectivity index (χ2v) is 5.05.